The van der Waals surface area contributed by atoms with Gasteiger partial charge in [0.15, 0.2) is 0 Å². The Bertz CT molecular complexity index is 1040. The highest BCUT2D eigenvalue weighted by Gasteiger charge is 2.27. The number of aryl methyl sites for hydroxylation is 1. The Balaban J connectivity index is 1.36. The molecule has 0 radical (unpaired) electrons. The van der Waals surface area contributed by atoms with E-state index in [1.807, 2.05) is 19.1 Å². The first-order valence-electron chi connectivity index (χ1n) is 9.86. The van der Waals surface area contributed by atoms with Crippen molar-refractivity contribution in [2.24, 2.45) is 5.92 Å². The fourth-order valence-electron chi connectivity index (χ4n) is 3.55. The molecule has 1 amide bonds. The van der Waals surface area contributed by atoms with Crippen molar-refractivity contribution in [2.45, 2.75) is 26.3 Å². The van der Waals surface area contributed by atoms with Crippen LogP contribution in [-0.2, 0) is 11.3 Å². The summed E-state index contributed by atoms with van der Waals surface area (Å²) in [5, 5.41) is 7.57. The van der Waals surface area contributed by atoms with Crippen LogP contribution in [0.4, 0.5) is 10.1 Å². The minimum absolute atomic E-state index is 0.0165. The number of anilines is 1. The number of hydrogen-bond donors (Lipinski definition) is 1. The molecule has 0 aliphatic carbocycles. The molecule has 3 aromatic rings. The largest absolute Gasteiger partial charge is 0.338 e. The SMILES string of the molecule is Cc1ccc(NC(=O)C2CCCN(Cc3nc(-c4ccc(F)cc4)no3)C2)cc1Cl. The third-order valence-electron chi connectivity index (χ3n) is 5.25. The van der Waals surface area contributed by atoms with Crippen LogP contribution in [0.3, 0.4) is 0 Å². The van der Waals surface area contributed by atoms with Gasteiger partial charge in [-0.05, 0) is 68.3 Å². The Morgan fingerprint density at radius 3 is 2.87 bits per heavy atom. The molecule has 156 valence electrons. The van der Waals surface area contributed by atoms with E-state index >= 15 is 0 Å². The maximum atomic E-state index is 13.1. The van der Waals surface area contributed by atoms with E-state index in [1.165, 1.54) is 12.1 Å². The molecule has 8 heteroatoms. The van der Waals surface area contributed by atoms with Gasteiger partial charge >= 0.3 is 0 Å². The average molecular weight is 429 g/mol. The second-order valence-corrected chi connectivity index (χ2v) is 7.95. The summed E-state index contributed by atoms with van der Waals surface area (Å²) in [5.41, 5.74) is 2.37. The second kappa shape index (κ2) is 8.93. The molecule has 1 saturated heterocycles. The lowest BCUT2D eigenvalue weighted by molar-refractivity contribution is -0.121. The number of nitrogens with one attached hydrogen (secondary N) is 1. The van der Waals surface area contributed by atoms with Crippen LogP contribution in [0.2, 0.25) is 5.02 Å². The number of benzene rings is 2. The second-order valence-electron chi connectivity index (χ2n) is 7.55. The van der Waals surface area contributed by atoms with Crippen LogP contribution < -0.4 is 5.32 Å². The third kappa shape index (κ3) is 4.86. The van der Waals surface area contributed by atoms with Crippen molar-refractivity contribution in [2.75, 3.05) is 18.4 Å². The Labute approximate surface area is 179 Å². The maximum Gasteiger partial charge on any atom is 0.241 e. The molecule has 1 atom stereocenters. The summed E-state index contributed by atoms with van der Waals surface area (Å²) < 4.78 is 18.4. The maximum absolute atomic E-state index is 13.1. The number of amides is 1. The van der Waals surface area contributed by atoms with Crippen molar-refractivity contribution >= 4 is 23.2 Å². The standard InChI is InChI=1S/C22H22ClFN4O2/c1-14-4-9-18(11-19(14)23)25-22(29)16-3-2-10-28(12-16)13-20-26-21(27-30-20)15-5-7-17(24)8-6-15/h4-9,11,16H,2-3,10,12-13H2,1H3,(H,25,29). The minimum Gasteiger partial charge on any atom is -0.338 e. The molecule has 0 bridgehead atoms. The zero-order chi connectivity index (χ0) is 21.1. The van der Waals surface area contributed by atoms with Crippen LogP contribution in [0.15, 0.2) is 47.0 Å². The highest BCUT2D eigenvalue weighted by molar-refractivity contribution is 6.31. The number of piperidine rings is 1. The predicted octanol–water partition coefficient (Wildman–Crippen LogP) is 4.69. The lowest BCUT2D eigenvalue weighted by atomic mass is 9.97. The summed E-state index contributed by atoms with van der Waals surface area (Å²) in [6.07, 6.45) is 1.73. The van der Waals surface area contributed by atoms with Crippen LogP contribution in [0.5, 0.6) is 0 Å². The molecular formula is C22H22ClFN4O2. The lowest BCUT2D eigenvalue weighted by Crippen LogP contribution is -2.40. The van der Waals surface area contributed by atoms with Gasteiger partial charge in [-0.1, -0.05) is 22.8 Å². The van der Waals surface area contributed by atoms with Crippen LogP contribution in [0.1, 0.15) is 24.3 Å². The van der Waals surface area contributed by atoms with Crippen LogP contribution in [-0.4, -0.2) is 34.0 Å². The van der Waals surface area contributed by atoms with Gasteiger partial charge < -0.3 is 9.84 Å². The van der Waals surface area contributed by atoms with Crippen molar-refractivity contribution in [3.63, 3.8) is 0 Å². The molecule has 1 N–H and O–H groups in total. The van der Waals surface area contributed by atoms with Gasteiger partial charge in [-0.2, -0.15) is 4.98 Å². The first kappa shape index (κ1) is 20.5. The van der Waals surface area contributed by atoms with Crippen LogP contribution in [0.25, 0.3) is 11.4 Å². The van der Waals surface area contributed by atoms with E-state index in [9.17, 15) is 9.18 Å². The number of nitrogens with zero attached hydrogens (tertiary/aromatic N) is 3. The first-order chi connectivity index (χ1) is 14.5. The molecule has 0 spiro atoms. The number of carbonyl (C=O) groups excluding carboxylic acids is 1. The number of halogens is 2. The van der Waals surface area contributed by atoms with Crippen molar-refractivity contribution in [3.05, 3.63) is 64.8 Å². The molecule has 1 aliphatic rings. The molecular weight excluding hydrogens is 407 g/mol. The normalized spacial score (nSPS) is 17.1. The van der Waals surface area contributed by atoms with Crippen LogP contribution >= 0.6 is 11.6 Å². The van der Waals surface area contributed by atoms with E-state index in [1.54, 1.807) is 18.2 Å². The lowest BCUT2D eigenvalue weighted by Gasteiger charge is -2.30. The predicted molar refractivity (Wildman–Crippen MR) is 113 cm³/mol. The molecule has 1 aliphatic heterocycles. The van der Waals surface area contributed by atoms with Gasteiger partial charge in [-0.25, -0.2) is 4.39 Å². The Hall–Kier alpha value is -2.77. The van der Waals surface area contributed by atoms with Gasteiger partial charge in [-0.3, -0.25) is 9.69 Å². The summed E-state index contributed by atoms with van der Waals surface area (Å²) in [6, 6.07) is 11.5. The number of aromatic nitrogens is 2. The van der Waals surface area contributed by atoms with Gasteiger partial charge in [0, 0.05) is 22.8 Å². The van der Waals surface area contributed by atoms with E-state index in [2.05, 4.69) is 20.4 Å². The number of rotatable bonds is 5. The van der Waals surface area contributed by atoms with E-state index < -0.39 is 0 Å². The molecule has 4 rings (SSSR count). The fourth-order valence-corrected chi connectivity index (χ4v) is 3.74. The average Bonchev–Trinajstić information content (AvgIpc) is 3.20. The highest BCUT2D eigenvalue weighted by atomic mass is 35.5. The van der Waals surface area contributed by atoms with Crippen LogP contribution in [0, 0.1) is 18.7 Å². The van der Waals surface area contributed by atoms with E-state index in [-0.39, 0.29) is 17.6 Å². The first-order valence-corrected chi connectivity index (χ1v) is 10.2. The van der Waals surface area contributed by atoms with Crippen molar-refractivity contribution in [1.29, 1.82) is 0 Å². The zero-order valence-corrected chi connectivity index (χ0v) is 17.3. The fraction of sp³-hybridized carbons (Fsp3) is 0.318. The molecule has 2 aromatic carbocycles. The van der Waals surface area contributed by atoms with Gasteiger partial charge in [0.2, 0.25) is 17.6 Å². The summed E-state index contributed by atoms with van der Waals surface area (Å²) in [6.45, 7) is 3.86. The monoisotopic (exact) mass is 428 g/mol. The molecule has 1 fully saturated rings. The quantitative estimate of drug-likeness (QED) is 0.638. The number of hydrogen-bond acceptors (Lipinski definition) is 5. The van der Waals surface area contributed by atoms with E-state index in [0.29, 0.717) is 41.1 Å². The Kier molecular flexibility index (Phi) is 6.11. The topological polar surface area (TPSA) is 71.3 Å². The Morgan fingerprint density at radius 1 is 1.30 bits per heavy atom. The van der Waals surface area contributed by atoms with Gasteiger partial charge in [0.25, 0.3) is 0 Å². The smallest absolute Gasteiger partial charge is 0.241 e. The molecule has 0 saturated carbocycles. The summed E-state index contributed by atoms with van der Waals surface area (Å²) in [7, 11) is 0. The van der Waals surface area contributed by atoms with Crippen molar-refractivity contribution in [3.8, 4) is 11.4 Å². The molecule has 30 heavy (non-hydrogen) atoms. The zero-order valence-electron chi connectivity index (χ0n) is 16.6. The molecule has 2 heterocycles. The van der Waals surface area contributed by atoms with Gasteiger partial charge in [0.1, 0.15) is 5.82 Å². The Morgan fingerprint density at radius 2 is 2.10 bits per heavy atom. The van der Waals surface area contributed by atoms with Gasteiger partial charge in [0.05, 0.1) is 12.5 Å². The van der Waals surface area contributed by atoms with E-state index in [4.69, 9.17) is 16.1 Å². The van der Waals surface area contributed by atoms with Crippen molar-refractivity contribution in [1.82, 2.24) is 15.0 Å². The molecule has 1 aromatic heterocycles. The summed E-state index contributed by atoms with van der Waals surface area (Å²) in [4.78, 5) is 19.3. The van der Waals surface area contributed by atoms with E-state index in [0.717, 1.165) is 24.9 Å². The third-order valence-corrected chi connectivity index (χ3v) is 5.65. The minimum atomic E-state index is -0.312. The van der Waals surface area contributed by atoms with Crippen molar-refractivity contribution < 1.29 is 13.7 Å². The molecule has 6 nitrogen and oxygen atoms in total. The summed E-state index contributed by atoms with van der Waals surface area (Å²) in [5.74, 6) is 0.441. The highest BCUT2D eigenvalue weighted by Crippen LogP contribution is 2.24. The number of likely N-dealkylation sites (tertiary alicyclic amines) is 1. The molecule has 1 unspecified atom stereocenters. The van der Waals surface area contributed by atoms with Gasteiger partial charge in [-0.15, -0.1) is 0 Å². The number of carbonyl (C=O) groups is 1. The summed E-state index contributed by atoms with van der Waals surface area (Å²) >= 11 is 6.15.